The number of pyridine rings is 1. The molecule has 0 spiro atoms. The first-order chi connectivity index (χ1) is 13.6. The van der Waals surface area contributed by atoms with Crippen LogP contribution in [0.4, 0.5) is 5.00 Å². The smallest absolute Gasteiger partial charge is 0.341 e. The Bertz CT molecular complexity index is 1060. The number of anilines is 1. The van der Waals surface area contributed by atoms with E-state index in [-0.39, 0.29) is 5.91 Å². The number of nitrogens with zero attached hydrogens (tertiary/aromatic N) is 1. The summed E-state index contributed by atoms with van der Waals surface area (Å²) in [4.78, 5) is 30.9. The second-order valence-electron chi connectivity index (χ2n) is 6.70. The van der Waals surface area contributed by atoms with E-state index in [4.69, 9.17) is 4.74 Å². The predicted octanol–water partition coefficient (Wildman–Crippen LogP) is 4.65. The van der Waals surface area contributed by atoms with Gasteiger partial charge >= 0.3 is 5.97 Å². The lowest BCUT2D eigenvalue weighted by atomic mass is 10.1. The molecule has 0 radical (unpaired) electrons. The first-order valence-corrected chi connectivity index (χ1v) is 9.97. The molecule has 142 valence electrons. The molecule has 4 rings (SSSR count). The molecule has 6 heteroatoms. The summed E-state index contributed by atoms with van der Waals surface area (Å²) < 4.78 is 4.94. The van der Waals surface area contributed by atoms with Crippen LogP contribution in [0, 0.1) is 6.92 Å². The fourth-order valence-electron chi connectivity index (χ4n) is 3.55. The van der Waals surface area contributed by atoms with Crippen molar-refractivity contribution in [2.45, 2.75) is 26.2 Å². The number of benzene rings is 1. The van der Waals surface area contributed by atoms with Crippen LogP contribution in [-0.4, -0.2) is 24.0 Å². The van der Waals surface area contributed by atoms with Gasteiger partial charge < -0.3 is 10.1 Å². The summed E-state index contributed by atoms with van der Waals surface area (Å²) in [6.45, 7) is 1.82. The molecule has 2 aromatic heterocycles. The van der Waals surface area contributed by atoms with Crippen molar-refractivity contribution in [1.29, 1.82) is 0 Å². The van der Waals surface area contributed by atoms with Crippen molar-refractivity contribution in [3.05, 3.63) is 69.7 Å². The molecule has 2 heterocycles. The van der Waals surface area contributed by atoms with Crippen molar-refractivity contribution in [3.63, 3.8) is 0 Å². The molecular weight excluding hydrogens is 372 g/mol. The SMILES string of the molecule is COC(=O)c1c(NC(=O)c2ccc(-c3ccccc3)nc2C)sc2c1CCC2. The number of hydrogen-bond acceptors (Lipinski definition) is 5. The van der Waals surface area contributed by atoms with Crippen LogP contribution in [0.3, 0.4) is 0 Å². The van der Waals surface area contributed by atoms with E-state index in [0.29, 0.717) is 21.8 Å². The second kappa shape index (κ2) is 7.56. The third-order valence-electron chi connectivity index (χ3n) is 4.94. The predicted molar refractivity (Wildman–Crippen MR) is 110 cm³/mol. The molecule has 0 fully saturated rings. The first-order valence-electron chi connectivity index (χ1n) is 9.15. The molecule has 0 atom stereocenters. The fourth-order valence-corrected chi connectivity index (χ4v) is 4.82. The van der Waals surface area contributed by atoms with Crippen LogP contribution in [0.25, 0.3) is 11.3 Å². The maximum absolute atomic E-state index is 12.9. The van der Waals surface area contributed by atoms with Crippen molar-refractivity contribution in [2.75, 3.05) is 12.4 Å². The van der Waals surface area contributed by atoms with E-state index < -0.39 is 5.97 Å². The molecule has 0 saturated heterocycles. The molecule has 0 bridgehead atoms. The fraction of sp³-hybridized carbons (Fsp3) is 0.227. The van der Waals surface area contributed by atoms with Gasteiger partial charge in [0.05, 0.1) is 29.6 Å². The van der Waals surface area contributed by atoms with E-state index in [0.717, 1.165) is 41.0 Å². The molecule has 0 saturated carbocycles. The van der Waals surface area contributed by atoms with E-state index in [1.54, 1.807) is 6.07 Å². The van der Waals surface area contributed by atoms with Gasteiger partial charge in [0.15, 0.2) is 0 Å². The summed E-state index contributed by atoms with van der Waals surface area (Å²) in [5.74, 6) is -0.668. The van der Waals surface area contributed by atoms with E-state index in [2.05, 4.69) is 10.3 Å². The van der Waals surface area contributed by atoms with Gasteiger partial charge in [0.1, 0.15) is 5.00 Å². The summed E-state index contributed by atoms with van der Waals surface area (Å²) in [7, 11) is 1.36. The molecule has 0 unspecified atom stereocenters. The average Bonchev–Trinajstić information content (AvgIpc) is 3.28. The highest BCUT2D eigenvalue weighted by Crippen LogP contribution is 2.39. The van der Waals surface area contributed by atoms with Crippen molar-refractivity contribution in [2.24, 2.45) is 0 Å². The lowest BCUT2D eigenvalue weighted by Crippen LogP contribution is -2.16. The summed E-state index contributed by atoms with van der Waals surface area (Å²) in [6, 6.07) is 13.4. The number of esters is 1. The summed E-state index contributed by atoms with van der Waals surface area (Å²) in [6.07, 6.45) is 2.81. The van der Waals surface area contributed by atoms with Gasteiger partial charge in [-0.15, -0.1) is 11.3 Å². The highest BCUT2D eigenvalue weighted by Gasteiger charge is 2.28. The van der Waals surface area contributed by atoms with Crippen LogP contribution < -0.4 is 5.32 Å². The number of aryl methyl sites for hydroxylation is 2. The van der Waals surface area contributed by atoms with Crippen molar-refractivity contribution in [3.8, 4) is 11.3 Å². The van der Waals surface area contributed by atoms with Gasteiger partial charge in [-0.25, -0.2) is 4.79 Å². The number of carbonyl (C=O) groups excluding carboxylic acids is 2. The number of fused-ring (bicyclic) bond motifs is 1. The molecule has 1 aromatic carbocycles. The highest BCUT2D eigenvalue weighted by atomic mass is 32.1. The molecule has 5 nitrogen and oxygen atoms in total. The monoisotopic (exact) mass is 392 g/mol. The normalized spacial score (nSPS) is 12.5. The van der Waals surface area contributed by atoms with E-state index in [9.17, 15) is 9.59 Å². The number of amides is 1. The number of rotatable bonds is 4. The van der Waals surface area contributed by atoms with Crippen molar-refractivity contribution >= 4 is 28.2 Å². The summed E-state index contributed by atoms with van der Waals surface area (Å²) in [5, 5.41) is 3.47. The van der Waals surface area contributed by atoms with Gasteiger partial charge in [0.25, 0.3) is 5.91 Å². The zero-order chi connectivity index (χ0) is 19.7. The third-order valence-corrected chi connectivity index (χ3v) is 6.15. The Hall–Kier alpha value is -2.99. The number of carbonyl (C=O) groups is 2. The van der Waals surface area contributed by atoms with Crippen molar-refractivity contribution < 1.29 is 14.3 Å². The number of ether oxygens (including phenoxy) is 1. The largest absolute Gasteiger partial charge is 0.465 e. The van der Waals surface area contributed by atoms with Crippen LogP contribution in [0.15, 0.2) is 42.5 Å². The number of nitrogens with one attached hydrogen (secondary N) is 1. The molecule has 1 aliphatic rings. The van der Waals surface area contributed by atoms with Crippen LogP contribution in [0.5, 0.6) is 0 Å². The van der Waals surface area contributed by atoms with E-state index in [1.165, 1.54) is 18.4 Å². The number of methoxy groups -OCH3 is 1. The van der Waals surface area contributed by atoms with Gasteiger partial charge in [0.2, 0.25) is 0 Å². The van der Waals surface area contributed by atoms with Crippen molar-refractivity contribution in [1.82, 2.24) is 4.98 Å². The molecule has 3 aromatic rings. The minimum Gasteiger partial charge on any atom is -0.465 e. The third kappa shape index (κ3) is 3.31. The topological polar surface area (TPSA) is 68.3 Å². The van der Waals surface area contributed by atoms with Gasteiger partial charge in [-0.3, -0.25) is 9.78 Å². The Morgan fingerprint density at radius 2 is 1.89 bits per heavy atom. The van der Waals surface area contributed by atoms with Gasteiger partial charge in [0, 0.05) is 10.4 Å². The number of aromatic nitrogens is 1. The standard InChI is InChI=1S/C22H20N2O3S/c1-13-15(11-12-17(23-13)14-7-4-3-5-8-14)20(25)24-21-19(22(26)27-2)16-9-6-10-18(16)28-21/h3-5,7-8,11-12H,6,9-10H2,1-2H3,(H,24,25). The van der Waals surface area contributed by atoms with Gasteiger partial charge in [-0.2, -0.15) is 0 Å². The first kappa shape index (κ1) is 18.4. The zero-order valence-corrected chi connectivity index (χ0v) is 16.6. The Morgan fingerprint density at radius 3 is 2.61 bits per heavy atom. The van der Waals surface area contributed by atoms with Crippen LogP contribution in [-0.2, 0) is 17.6 Å². The summed E-state index contributed by atoms with van der Waals surface area (Å²) >= 11 is 1.47. The summed E-state index contributed by atoms with van der Waals surface area (Å²) in [5.41, 5.74) is 4.47. The molecular formula is C22H20N2O3S. The molecule has 1 aliphatic carbocycles. The molecule has 1 amide bonds. The Morgan fingerprint density at radius 1 is 1.11 bits per heavy atom. The average molecular weight is 392 g/mol. The van der Waals surface area contributed by atoms with Gasteiger partial charge in [-0.1, -0.05) is 30.3 Å². The maximum atomic E-state index is 12.9. The molecule has 1 N–H and O–H groups in total. The van der Waals surface area contributed by atoms with Gasteiger partial charge in [-0.05, 0) is 43.9 Å². The Balaban J connectivity index is 1.62. The lowest BCUT2D eigenvalue weighted by molar-refractivity contribution is 0.0601. The lowest BCUT2D eigenvalue weighted by Gasteiger charge is -2.10. The minimum absolute atomic E-state index is 0.269. The zero-order valence-electron chi connectivity index (χ0n) is 15.7. The van der Waals surface area contributed by atoms with Crippen LogP contribution >= 0.6 is 11.3 Å². The quantitative estimate of drug-likeness (QED) is 0.657. The minimum atomic E-state index is -0.399. The molecule has 0 aliphatic heterocycles. The number of thiophene rings is 1. The highest BCUT2D eigenvalue weighted by molar-refractivity contribution is 7.17. The number of hydrogen-bond donors (Lipinski definition) is 1. The van der Waals surface area contributed by atoms with E-state index >= 15 is 0 Å². The Labute approximate surface area is 167 Å². The maximum Gasteiger partial charge on any atom is 0.341 e. The van der Waals surface area contributed by atoms with Crippen LogP contribution in [0.1, 0.15) is 43.3 Å². The van der Waals surface area contributed by atoms with E-state index in [1.807, 2.05) is 43.3 Å². The molecule has 28 heavy (non-hydrogen) atoms. The Kier molecular flexibility index (Phi) is 4.96. The second-order valence-corrected chi connectivity index (χ2v) is 7.81. The van der Waals surface area contributed by atoms with Crippen LogP contribution in [0.2, 0.25) is 0 Å².